The van der Waals surface area contributed by atoms with E-state index < -0.39 is 5.60 Å². The Labute approximate surface area is 118 Å². The predicted octanol–water partition coefficient (Wildman–Crippen LogP) is 3.82. The number of hydrogen-bond donors (Lipinski definition) is 0. The maximum Gasteiger partial charge on any atom is 0.218 e. The first-order chi connectivity index (χ1) is 9.15. The third-order valence-electron chi connectivity index (χ3n) is 2.84. The Kier molecular flexibility index (Phi) is 3.94. The number of benzene rings is 2. The van der Waals surface area contributed by atoms with Crippen LogP contribution < -0.4 is 0 Å². The molecule has 2 aromatic rings. The summed E-state index contributed by atoms with van der Waals surface area (Å²) in [6.45, 7) is 1.72. The Morgan fingerprint density at radius 3 is 2.11 bits per heavy atom. The average Bonchev–Trinajstić information content (AvgIpc) is 2.49. The highest BCUT2D eigenvalue weighted by Crippen LogP contribution is 2.26. The van der Waals surface area contributed by atoms with Crippen molar-refractivity contribution in [2.75, 3.05) is 0 Å². The molecule has 0 heterocycles. The van der Waals surface area contributed by atoms with Crippen molar-refractivity contribution >= 4 is 17.3 Å². The highest BCUT2D eigenvalue weighted by Gasteiger charge is 2.29. The molecule has 0 aromatic heterocycles. The number of thiocarbonyl (C=S) groups is 1. The van der Waals surface area contributed by atoms with Crippen molar-refractivity contribution in [1.29, 1.82) is 5.26 Å². The van der Waals surface area contributed by atoms with Gasteiger partial charge in [0.1, 0.15) is 6.07 Å². The molecule has 2 rings (SSSR count). The molecule has 0 bridgehead atoms. The number of nitriles is 1. The van der Waals surface area contributed by atoms with Crippen LogP contribution >= 0.6 is 12.2 Å². The third kappa shape index (κ3) is 2.98. The van der Waals surface area contributed by atoms with Crippen LogP contribution in [-0.2, 0) is 10.3 Å². The summed E-state index contributed by atoms with van der Waals surface area (Å²) in [7, 11) is 0. The fourth-order valence-corrected chi connectivity index (χ4v) is 2.02. The van der Waals surface area contributed by atoms with Crippen LogP contribution in [0, 0.1) is 11.3 Å². The number of rotatable bonds is 3. The Balaban J connectivity index is 2.26. The van der Waals surface area contributed by atoms with Gasteiger partial charge < -0.3 is 4.74 Å². The average molecular weight is 267 g/mol. The lowest BCUT2D eigenvalue weighted by Gasteiger charge is -2.24. The van der Waals surface area contributed by atoms with Gasteiger partial charge in [-0.3, -0.25) is 0 Å². The molecule has 0 radical (unpaired) electrons. The maximum atomic E-state index is 9.40. The first kappa shape index (κ1) is 13.3. The minimum absolute atomic E-state index is 0.327. The van der Waals surface area contributed by atoms with E-state index in [-0.39, 0.29) is 0 Å². The Hall–Kier alpha value is -2.18. The van der Waals surface area contributed by atoms with Crippen LogP contribution in [0.25, 0.3) is 0 Å². The summed E-state index contributed by atoms with van der Waals surface area (Å²) in [5, 5.41) is 9.73. The van der Waals surface area contributed by atoms with Crippen LogP contribution in [0.1, 0.15) is 18.1 Å². The molecule has 3 heteroatoms. The highest BCUT2D eigenvalue weighted by molar-refractivity contribution is 7.80. The second-order valence-corrected chi connectivity index (χ2v) is 4.64. The molecule has 0 saturated heterocycles. The van der Waals surface area contributed by atoms with E-state index in [4.69, 9.17) is 17.0 Å². The molecule has 1 unspecified atom stereocenters. The van der Waals surface area contributed by atoms with Crippen LogP contribution in [0.2, 0.25) is 0 Å². The van der Waals surface area contributed by atoms with Gasteiger partial charge >= 0.3 is 0 Å². The summed E-state index contributed by atoms with van der Waals surface area (Å²) in [4.78, 5) is 0. The fourth-order valence-electron chi connectivity index (χ4n) is 1.72. The lowest BCUT2D eigenvalue weighted by atomic mass is 9.97. The van der Waals surface area contributed by atoms with Crippen molar-refractivity contribution in [3.05, 3.63) is 71.8 Å². The largest absolute Gasteiger partial charge is 0.457 e. The molecule has 0 aliphatic carbocycles. The molecule has 0 fully saturated rings. The van der Waals surface area contributed by atoms with Crippen molar-refractivity contribution in [3.8, 4) is 6.07 Å². The van der Waals surface area contributed by atoms with Crippen molar-refractivity contribution in [3.63, 3.8) is 0 Å². The van der Waals surface area contributed by atoms with Crippen LogP contribution in [0.3, 0.4) is 0 Å². The van der Waals surface area contributed by atoms with E-state index in [2.05, 4.69) is 6.07 Å². The minimum Gasteiger partial charge on any atom is -0.457 e. The van der Waals surface area contributed by atoms with Crippen molar-refractivity contribution < 1.29 is 4.74 Å². The first-order valence-corrected chi connectivity index (χ1v) is 6.32. The second kappa shape index (κ2) is 5.64. The number of nitrogens with zero attached hydrogens (tertiary/aromatic N) is 1. The molecular weight excluding hydrogens is 254 g/mol. The van der Waals surface area contributed by atoms with E-state index in [0.29, 0.717) is 5.05 Å². The first-order valence-electron chi connectivity index (χ1n) is 5.91. The third-order valence-corrected chi connectivity index (χ3v) is 3.16. The molecule has 2 nitrogen and oxygen atoms in total. The zero-order valence-electron chi connectivity index (χ0n) is 10.5. The number of ether oxygens (including phenoxy) is 1. The normalized spacial score (nSPS) is 13.1. The predicted molar refractivity (Wildman–Crippen MR) is 78.6 cm³/mol. The monoisotopic (exact) mass is 267 g/mol. The van der Waals surface area contributed by atoms with Gasteiger partial charge in [0.2, 0.25) is 5.60 Å². The summed E-state index contributed by atoms with van der Waals surface area (Å²) in [5.41, 5.74) is 0.513. The molecule has 0 aliphatic rings. The zero-order chi connectivity index (χ0) is 13.7. The van der Waals surface area contributed by atoms with E-state index in [1.807, 2.05) is 60.7 Å². The van der Waals surface area contributed by atoms with Crippen LogP contribution in [0.4, 0.5) is 0 Å². The Morgan fingerprint density at radius 1 is 1.05 bits per heavy atom. The van der Waals surface area contributed by atoms with Gasteiger partial charge in [-0.25, -0.2) is 0 Å². The molecule has 0 aliphatic heterocycles. The molecule has 1 atom stereocenters. The van der Waals surface area contributed by atoms with Crippen molar-refractivity contribution in [2.24, 2.45) is 0 Å². The smallest absolute Gasteiger partial charge is 0.218 e. The van der Waals surface area contributed by atoms with E-state index in [9.17, 15) is 5.26 Å². The molecule has 0 spiro atoms. The van der Waals surface area contributed by atoms with E-state index in [0.717, 1.165) is 11.1 Å². The summed E-state index contributed by atoms with van der Waals surface area (Å²) in [6, 6.07) is 21.0. The van der Waals surface area contributed by atoms with Gasteiger partial charge in [0.25, 0.3) is 0 Å². The zero-order valence-corrected chi connectivity index (χ0v) is 11.4. The van der Waals surface area contributed by atoms with Gasteiger partial charge in [-0.2, -0.15) is 5.26 Å². The molecule has 0 amide bonds. The summed E-state index contributed by atoms with van der Waals surface area (Å²) in [6.07, 6.45) is 0. The molecule has 94 valence electrons. The molecule has 0 saturated carbocycles. The lowest BCUT2D eigenvalue weighted by molar-refractivity contribution is 0.141. The minimum atomic E-state index is -1.08. The summed E-state index contributed by atoms with van der Waals surface area (Å²) in [5.74, 6) is 0. The van der Waals surface area contributed by atoms with Crippen molar-refractivity contribution in [1.82, 2.24) is 0 Å². The molecule has 19 heavy (non-hydrogen) atoms. The van der Waals surface area contributed by atoms with E-state index >= 15 is 0 Å². The SMILES string of the molecule is CC(C#N)(OC(=S)c1ccccc1)c1ccccc1. The number of hydrogen-bond acceptors (Lipinski definition) is 3. The quantitative estimate of drug-likeness (QED) is 0.793. The van der Waals surface area contributed by atoms with Crippen LogP contribution in [-0.4, -0.2) is 5.05 Å². The molecular formula is C16H13NOS. The van der Waals surface area contributed by atoms with Gasteiger partial charge in [-0.05, 0) is 19.1 Å². The fraction of sp³-hybridized carbons (Fsp3) is 0.125. The van der Waals surface area contributed by atoms with Crippen LogP contribution in [0.5, 0.6) is 0 Å². The van der Waals surface area contributed by atoms with E-state index in [1.165, 1.54) is 0 Å². The molecule has 0 N–H and O–H groups in total. The molecule has 2 aromatic carbocycles. The maximum absolute atomic E-state index is 9.40. The van der Waals surface area contributed by atoms with Gasteiger partial charge in [0.15, 0.2) is 5.05 Å². The topological polar surface area (TPSA) is 33.0 Å². The Bertz CT molecular complexity index is 604. The van der Waals surface area contributed by atoms with Crippen molar-refractivity contribution in [2.45, 2.75) is 12.5 Å². The van der Waals surface area contributed by atoms with Gasteiger partial charge in [0, 0.05) is 11.1 Å². The Morgan fingerprint density at radius 2 is 1.58 bits per heavy atom. The van der Waals surface area contributed by atoms with Crippen LogP contribution in [0.15, 0.2) is 60.7 Å². The van der Waals surface area contributed by atoms with Gasteiger partial charge in [0.05, 0.1) is 0 Å². The lowest BCUT2D eigenvalue weighted by Crippen LogP contribution is -2.27. The van der Waals surface area contributed by atoms with E-state index in [1.54, 1.807) is 6.92 Å². The standard InChI is InChI=1S/C16H13NOS/c1-16(12-17,14-10-6-3-7-11-14)18-15(19)13-8-4-2-5-9-13/h2-11H,1H3. The summed E-state index contributed by atoms with van der Waals surface area (Å²) >= 11 is 5.26. The van der Waals surface area contributed by atoms with Gasteiger partial charge in [-0.1, -0.05) is 60.7 Å². The summed E-state index contributed by atoms with van der Waals surface area (Å²) < 4.78 is 5.73. The second-order valence-electron chi connectivity index (χ2n) is 4.27. The highest BCUT2D eigenvalue weighted by atomic mass is 32.1. The van der Waals surface area contributed by atoms with Gasteiger partial charge in [-0.15, -0.1) is 0 Å².